The Balaban J connectivity index is 1.78. The smallest absolute Gasteiger partial charge is 0.271 e. The van der Waals surface area contributed by atoms with Crippen LogP contribution in [0.2, 0.25) is 5.02 Å². The van der Waals surface area contributed by atoms with E-state index in [0.717, 1.165) is 28.7 Å². The average Bonchev–Trinajstić information content (AvgIpc) is 2.89. The quantitative estimate of drug-likeness (QED) is 0.528. The Hall–Kier alpha value is -2.92. The summed E-state index contributed by atoms with van der Waals surface area (Å²) in [6, 6.07) is 15.0. The highest BCUT2D eigenvalue weighted by Crippen LogP contribution is 2.21. The van der Waals surface area contributed by atoms with Gasteiger partial charge in [-0.1, -0.05) is 17.7 Å². The van der Waals surface area contributed by atoms with E-state index in [9.17, 15) is 9.18 Å². The lowest BCUT2D eigenvalue weighted by atomic mass is 10.2. The van der Waals surface area contributed by atoms with Gasteiger partial charge in [0.1, 0.15) is 5.82 Å². The third kappa shape index (κ3) is 3.83. The van der Waals surface area contributed by atoms with Crippen molar-refractivity contribution in [2.75, 3.05) is 0 Å². The summed E-state index contributed by atoms with van der Waals surface area (Å²) < 4.78 is 15.2. The zero-order chi connectivity index (χ0) is 18.7. The second-order valence-electron chi connectivity index (χ2n) is 5.85. The molecule has 3 rings (SSSR count). The van der Waals surface area contributed by atoms with Crippen LogP contribution in [0.5, 0.6) is 0 Å². The molecule has 1 amide bonds. The molecule has 0 bridgehead atoms. The standard InChI is InChI=1S/C20H17ClFN3O/c1-13-10-16(14(2)25(13)19-8-6-17(21)7-9-19)12-23-24-20(26)15-4-3-5-18(22)11-15/h3-12H,1-2H3,(H,24,26)/b23-12-. The fourth-order valence-electron chi connectivity index (χ4n) is 2.76. The molecule has 0 unspecified atom stereocenters. The molecule has 1 heterocycles. The first-order valence-electron chi connectivity index (χ1n) is 7.99. The fraction of sp³-hybridized carbons (Fsp3) is 0.100. The van der Waals surface area contributed by atoms with Crippen molar-refractivity contribution in [3.8, 4) is 5.69 Å². The number of hydrogen-bond donors (Lipinski definition) is 1. The van der Waals surface area contributed by atoms with Crippen molar-refractivity contribution >= 4 is 23.7 Å². The Labute approximate surface area is 155 Å². The number of nitrogens with one attached hydrogen (secondary N) is 1. The van der Waals surface area contributed by atoms with Crippen LogP contribution < -0.4 is 5.43 Å². The molecule has 1 N–H and O–H groups in total. The Kier molecular flexibility index (Phi) is 5.19. The van der Waals surface area contributed by atoms with Gasteiger partial charge < -0.3 is 4.57 Å². The van der Waals surface area contributed by atoms with Crippen LogP contribution in [0, 0.1) is 19.7 Å². The Bertz CT molecular complexity index is 977. The molecule has 0 radical (unpaired) electrons. The normalized spacial score (nSPS) is 11.1. The molecule has 4 nitrogen and oxygen atoms in total. The van der Waals surface area contributed by atoms with Crippen LogP contribution in [0.15, 0.2) is 59.7 Å². The molecule has 0 spiro atoms. The molecule has 0 atom stereocenters. The second-order valence-corrected chi connectivity index (χ2v) is 6.28. The monoisotopic (exact) mass is 369 g/mol. The zero-order valence-electron chi connectivity index (χ0n) is 14.3. The van der Waals surface area contributed by atoms with Crippen molar-refractivity contribution in [1.29, 1.82) is 0 Å². The summed E-state index contributed by atoms with van der Waals surface area (Å²) in [5.41, 5.74) is 6.51. The Morgan fingerprint density at radius 1 is 1.15 bits per heavy atom. The van der Waals surface area contributed by atoms with Crippen molar-refractivity contribution in [2.24, 2.45) is 5.10 Å². The first kappa shape index (κ1) is 17.9. The van der Waals surface area contributed by atoms with Crippen LogP contribution in [0.3, 0.4) is 0 Å². The molecule has 6 heteroatoms. The lowest BCUT2D eigenvalue weighted by molar-refractivity contribution is 0.0954. The lowest BCUT2D eigenvalue weighted by Crippen LogP contribution is -2.17. The van der Waals surface area contributed by atoms with Crippen molar-refractivity contribution in [1.82, 2.24) is 9.99 Å². The number of benzene rings is 2. The van der Waals surface area contributed by atoms with Gasteiger partial charge in [0.15, 0.2) is 0 Å². The number of hydrogen-bond acceptors (Lipinski definition) is 2. The second kappa shape index (κ2) is 7.54. The van der Waals surface area contributed by atoms with E-state index in [1.165, 1.54) is 18.2 Å². The number of carbonyl (C=O) groups is 1. The van der Waals surface area contributed by atoms with Crippen LogP contribution in [0.1, 0.15) is 27.3 Å². The summed E-state index contributed by atoms with van der Waals surface area (Å²) >= 11 is 5.95. The highest BCUT2D eigenvalue weighted by atomic mass is 35.5. The summed E-state index contributed by atoms with van der Waals surface area (Å²) in [6.45, 7) is 3.96. The van der Waals surface area contributed by atoms with E-state index in [4.69, 9.17) is 11.6 Å². The van der Waals surface area contributed by atoms with Gasteiger partial charge in [0, 0.05) is 33.2 Å². The first-order valence-corrected chi connectivity index (χ1v) is 8.37. The number of nitrogens with zero attached hydrogens (tertiary/aromatic N) is 2. The molecule has 2 aromatic carbocycles. The number of rotatable bonds is 4. The molecule has 0 saturated carbocycles. The number of carbonyl (C=O) groups excluding carboxylic acids is 1. The van der Waals surface area contributed by atoms with E-state index in [-0.39, 0.29) is 5.56 Å². The lowest BCUT2D eigenvalue weighted by Gasteiger charge is -2.09. The van der Waals surface area contributed by atoms with Gasteiger partial charge in [0.2, 0.25) is 0 Å². The largest absolute Gasteiger partial charge is 0.318 e. The van der Waals surface area contributed by atoms with Crippen molar-refractivity contribution in [3.63, 3.8) is 0 Å². The van der Waals surface area contributed by atoms with Crippen LogP contribution in [-0.4, -0.2) is 16.7 Å². The van der Waals surface area contributed by atoms with Gasteiger partial charge in [0.05, 0.1) is 6.21 Å². The third-order valence-corrected chi connectivity index (χ3v) is 4.26. The summed E-state index contributed by atoms with van der Waals surface area (Å²) in [5, 5.41) is 4.67. The SMILES string of the molecule is Cc1cc(/C=N\NC(=O)c2cccc(F)c2)c(C)n1-c1ccc(Cl)cc1. The number of halogens is 2. The Morgan fingerprint density at radius 2 is 1.88 bits per heavy atom. The molecular formula is C20H17ClFN3O. The minimum absolute atomic E-state index is 0.216. The highest BCUT2D eigenvalue weighted by molar-refractivity contribution is 6.30. The molecule has 1 aromatic heterocycles. The fourth-order valence-corrected chi connectivity index (χ4v) is 2.89. The van der Waals surface area contributed by atoms with E-state index in [1.807, 2.05) is 44.2 Å². The van der Waals surface area contributed by atoms with Gasteiger partial charge in [-0.3, -0.25) is 4.79 Å². The average molecular weight is 370 g/mol. The van der Waals surface area contributed by atoms with E-state index >= 15 is 0 Å². The minimum Gasteiger partial charge on any atom is -0.318 e. The molecule has 0 fully saturated rings. The van der Waals surface area contributed by atoms with Gasteiger partial charge in [-0.2, -0.15) is 5.10 Å². The van der Waals surface area contributed by atoms with Crippen molar-refractivity contribution in [3.05, 3.63) is 88.0 Å². The van der Waals surface area contributed by atoms with Gasteiger partial charge in [-0.25, -0.2) is 9.82 Å². The maximum absolute atomic E-state index is 13.2. The minimum atomic E-state index is -0.466. The van der Waals surface area contributed by atoms with E-state index < -0.39 is 11.7 Å². The number of hydrazone groups is 1. The van der Waals surface area contributed by atoms with Crippen molar-refractivity contribution in [2.45, 2.75) is 13.8 Å². The van der Waals surface area contributed by atoms with E-state index in [1.54, 1.807) is 6.21 Å². The first-order chi connectivity index (χ1) is 12.5. The topological polar surface area (TPSA) is 46.4 Å². The summed E-state index contributed by atoms with van der Waals surface area (Å²) in [7, 11) is 0. The van der Waals surface area contributed by atoms with Gasteiger partial charge in [0.25, 0.3) is 5.91 Å². The molecule has 0 aliphatic heterocycles. The molecule has 0 saturated heterocycles. The molecule has 132 valence electrons. The molecule has 26 heavy (non-hydrogen) atoms. The summed E-state index contributed by atoms with van der Waals surface area (Å²) in [4.78, 5) is 12.0. The molecular weight excluding hydrogens is 353 g/mol. The zero-order valence-corrected chi connectivity index (χ0v) is 15.1. The summed E-state index contributed by atoms with van der Waals surface area (Å²) in [6.07, 6.45) is 1.58. The van der Waals surface area contributed by atoms with Gasteiger partial charge >= 0.3 is 0 Å². The number of aromatic nitrogens is 1. The number of aryl methyl sites for hydroxylation is 1. The van der Waals surface area contributed by atoms with Gasteiger partial charge in [-0.15, -0.1) is 0 Å². The summed E-state index contributed by atoms with van der Waals surface area (Å²) in [5.74, 6) is -0.930. The predicted octanol–water partition coefficient (Wildman–Crippen LogP) is 4.65. The van der Waals surface area contributed by atoms with E-state index in [2.05, 4.69) is 15.1 Å². The maximum Gasteiger partial charge on any atom is 0.271 e. The number of amides is 1. The highest BCUT2D eigenvalue weighted by Gasteiger charge is 2.10. The van der Waals surface area contributed by atoms with Crippen LogP contribution in [0.25, 0.3) is 5.69 Å². The molecule has 0 aliphatic rings. The predicted molar refractivity (Wildman–Crippen MR) is 102 cm³/mol. The van der Waals surface area contributed by atoms with E-state index in [0.29, 0.717) is 5.02 Å². The molecule has 3 aromatic rings. The third-order valence-electron chi connectivity index (χ3n) is 4.01. The van der Waals surface area contributed by atoms with Crippen molar-refractivity contribution < 1.29 is 9.18 Å². The molecule has 0 aliphatic carbocycles. The Morgan fingerprint density at radius 3 is 2.58 bits per heavy atom. The van der Waals surface area contributed by atoms with Crippen LogP contribution in [-0.2, 0) is 0 Å². The van der Waals surface area contributed by atoms with Crippen LogP contribution >= 0.6 is 11.6 Å². The van der Waals surface area contributed by atoms with Gasteiger partial charge in [-0.05, 0) is 62.4 Å². The van der Waals surface area contributed by atoms with Crippen LogP contribution in [0.4, 0.5) is 4.39 Å². The maximum atomic E-state index is 13.2.